The number of aromatic nitrogens is 5. The Labute approximate surface area is 151 Å². The number of rotatable bonds is 5. The minimum absolute atomic E-state index is 0.0854. The zero-order valence-electron chi connectivity index (χ0n) is 15.1. The van der Waals surface area contributed by atoms with Crippen LogP contribution < -0.4 is 0 Å². The van der Waals surface area contributed by atoms with Crippen LogP contribution in [0.25, 0.3) is 5.69 Å². The minimum Gasteiger partial charge on any atom is -0.351 e. The maximum atomic E-state index is 12.6. The van der Waals surface area contributed by atoms with Crippen molar-refractivity contribution < 1.29 is 4.79 Å². The minimum atomic E-state index is 0.0854. The second kappa shape index (κ2) is 6.84. The van der Waals surface area contributed by atoms with Gasteiger partial charge in [-0.2, -0.15) is 4.68 Å². The Morgan fingerprint density at radius 2 is 1.84 bits per heavy atom. The highest BCUT2D eigenvalue weighted by molar-refractivity contribution is 7.99. The summed E-state index contributed by atoms with van der Waals surface area (Å²) in [7, 11) is 1.97. The van der Waals surface area contributed by atoms with Gasteiger partial charge in [-0.1, -0.05) is 30.0 Å². The number of nitrogens with zero attached hydrogens (tertiary/aromatic N) is 5. The number of hydrogen-bond donors (Lipinski definition) is 0. The third-order valence-corrected chi connectivity index (χ3v) is 5.42. The SMILES string of the molecule is Cc1cccc(C)c1-n1nnnc1SCC(=O)c1cc(C)n(C)c1C. The molecule has 3 aromatic rings. The molecule has 7 heteroatoms. The lowest BCUT2D eigenvalue weighted by Gasteiger charge is -2.10. The van der Waals surface area contributed by atoms with Crippen LogP contribution in [0.3, 0.4) is 0 Å². The molecular formula is C18H21N5OS. The van der Waals surface area contributed by atoms with Gasteiger partial charge in [0.1, 0.15) is 0 Å². The number of ketones is 1. The van der Waals surface area contributed by atoms with Gasteiger partial charge in [-0.25, -0.2) is 0 Å². The third-order valence-electron chi connectivity index (χ3n) is 4.50. The molecule has 0 atom stereocenters. The van der Waals surface area contributed by atoms with Gasteiger partial charge in [-0.05, 0) is 55.3 Å². The Morgan fingerprint density at radius 1 is 1.16 bits per heavy atom. The van der Waals surface area contributed by atoms with Crippen LogP contribution >= 0.6 is 11.8 Å². The average molecular weight is 355 g/mol. The van der Waals surface area contributed by atoms with E-state index in [1.807, 2.05) is 63.6 Å². The van der Waals surface area contributed by atoms with Gasteiger partial charge in [-0.15, -0.1) is 5.10 Å². The fourth-order valence-electron chi connectivity index (χ4n) is 2.89. The molecule has 0 aliphatic carbocycles. The molecule has 0 bridgehead atoms. The molecule has 0 aliphatic heterocycles. The largest absolute Gasteiger partial charge is 0.351 e. The highest BCUT2D eigenvalue weighted by Gasteiger charge is 2.18. The second-order valence-electron chi connectivity index (χ2n) is 6.17. The molecule has 0 saturated carbocycles. The highest BCUT2D eigenvalue weighted by Crippen LogP contribution is 2.24. The summed E-state index contributed by atoms with van der Waals surface area (Å²) in [5, 5.41) is 12.6. The first-order chi connectivity index (χ1) is 11.9. The van der Waals surface area contributed by atoms with Crippen molar-refractivity contribution in [2.45, 2.75) is 32.9 Å². The van der Waals surface area contributed by atoms with E-state index in [1.165, 1.54) is 11.8 Å². The number of aryl methyl sites for hydroxylation is 3. The van der Waals surface area contributed by atoms with Crippen molar-refractivity contribution in [3.8, 4) is 5.69 Å². The third kappa shape index (κ3) is 3.24. The van der Waals surface area contributed by atoms with E-state index in [1.54, 1.807) is 4.68 Å². The Hall–Kier alpha value is -2.41. The van der Waals surface area contributed by atoms with Gasteiger partial charge in [0.25, 0.3) is 0 Å². The Balaban J connectivity index is 1.83. The van der Waals surface area contributed by atoms with E-state index in [4.69, 9.17) is 0 Å². The van der Waals surface area contributed by atoms with Crippen LogP contribution in [-0.2, 0) is 7.05 Å². The first kappa shape index (κ1) is 17.4. The fourth-order valence-corrected chi connectivity index (χ4v) is 3.65. The van der Waals surface area contributed by atoms with Gasteiger partial charge in [0.2, 0.25) is 5.16 Å². The number of hydrogen-bond acceptors (Lipinski definition) is 5. The molecule has 2 aromatic heterocycles. The van der Waals surface area contributed by atoms with Gasteiger partial charge in [0.05, 0.1) is 11.4 Å². The van der Waals surface area contributed by atoms with Crippen LogP contribution in [0.5, 0.6) is 0 Å². The van der Waals surface area contributed by atoms with Crippen molar-refractivity contribution in [1.29, 1.82) is 0 Å². The molecular weight excluding hydrogens is 334 g/mol. The molecule has 0 unspecified atom stereocenters. The molecule has 0 aliphatic rings. The van der Waals surface area contributed by atoms with Crippen LogP contribution in [0.2, 0.25) is 0 Å². The molecule has 25 heavy (non-hydrogen) atoms. The first-order valence-electron chi connectivity index (χ1n) is 8.04. The second-order valence-corrected chi connectivity index (χ2v) is 7.11. The summed E-state index contributed by atoms with van der Waals surface area (Å²) >= 11 is 1.36. The molecule has 0 N–H and O–H groups in total. The zero-order chi connectivity index (χ0) is 18.1. The lowest BCUT2D eigenvalue weighted by molar-refractivity contribution is 0.102. The number of Topliss-reactive ketones (excluding diaryl/α,β-unsaturated/α-hetero) is 1. The monoisotopic (exact) mass is 355 g/mol. The summed E-state index contributed by atoms with van der Waals surface area (Å²) in [5.74, 6) is 0.387. The van der Waals surface area contributed by atoms with E-state index in [2.05, 4.69) is 15.5 Å². The Bertz CT molecular complexity index is 921. The van der Waals surface area contributed by atoms with Crippen molar-refractivity contribution in [2.75, 3.05) is 5.75 Å². The average Bonchev–Trinajstić information content (AvgIpc) is 3.13. The summed E-state index contributed by atoms with van der Waals surface area (Å²) < 4.78 is 3.74. The number of thioether (sulfide) groups is 1. The van der Waals surface area contributed by atoms with E-state index in [-0.39, 0.29) is 5.78 Å². The van der Waals surface area contributed by atoms with E-state index in [9.17, 15) is 4.79 Å². The fraction of sp³-hybridized carbons (Fsp3) is 0.333. The molecule has 0 saturated heterocycles. The lowest BCUT2D eigenvalue weighted by atomic mass is 10.1. The molecule has 3 rings (SSSR count). The molecule has 0 radical (unpaired) electrons. The maximum Gasteiger partial charge on any atom is 0.214 e. The zero-order valence-corrected chi connectivity index (χ0v) is 15.9. The van der Waals surface area contributed by atoms with Crippen molar-refractivity contribution in [3.05, 3.63) is 52.3 Å². The number of carbonyl (C=O) groups excluding carboxylic acids is 1. The lowest BCUT2D eigenvalue weighted by Crippen LogP contribution is -2.07. The van der Waals surface area contributed by atoms with Gasteiger partial charge in [0, 0.05) is 24.0 Å². The van der Waals surface area contributed by atoms with Gasteiger partial charge in [0.15, 0.2) is 5.78 Å². The number of para-hydroxylation sites is 1. The predicted molar refractivity (Wildman–Crippen MR) is 98.6 cm³/mol. The van der Waals surface area contributed by atoms with Gasteiger partial charge >= 0.3 is 0 Å². The Morgan fingerprint density at radius 3 is 2.44 bits per heavy atom. The van der Waals surface area contributed by atoms with Crippen LogP contribution in [-0.4, -0.2) is 36.3 Å². The quantitative estimate of drug-likeness (QED) is 0.519. The van der Waals surface area contributed by atoms with Crippen LogP contribution in [0, 0.1) is 27.7 Å². The molecule has 1 aromatic carbocycles. The van der Waals surface area contributed by atoms with E-state index in [0.717, 1.165) is 33.8 Å². The summed E-state index contributed by atoms with van der Waals surface area (Å²) in [5.41, 5.74) is 5.97. The van der Waals surface area contributed by atoms with Crippen molar-refractivity contribution in [3.63, 3.8) is 0 Å². The summed E-state index contributed by atoms with van der Waals surface area (Å²) in [6, 6.07) is 8.00. The van der Waals surface area contributed by atoms with Gasteiger partial charge < -0.3 is 4.57 Å². The topological polar surface area (TPSA) is 65.6 Å². The van der Waals surface area contributed by atoms with E-state index in [0.29, 0.717) is 10.9 Å². The van der Waals surface area contributed by atoms with E-state index < -0.39 is 0 Å². The molecule has 6 nitrogen and oxygen atoms in total. The Kier molecular flexibility index (Phi) is 4.76. The van der Waals surface area contributed by atoms with Crippen LogP contribution in [0.4, 0.5) is 0 Å². The highest BCUT2D eigenvalue weighted by atomic mass is 32.2. The first-order valence-corrected chi connectivity index (χ1v) is 9.02. The van der Waals surface area contributed by atoms with E-state index >= 15 is 0 Å². The standard InChI is InChI=1S/C18H21N5OS/c1-11-7-6-8-12(2)17(11)23-18(19-20-21-23)25-10-16(24)15-9-13(3)22(5)14(15)4/h6-9H,10H2,1-5H3. The van der Waals surface area contributed by atoms with Crippen molar-refractivity contribution in [1.82, 2.24) is 24.8 Å². The summed E-state index contributed by atoms with van der Waals surface area (Å²) in [4.78, 5) is 12.6. The molecule has 130 valence electrons. The van der Waals surface area contributed by atoms with Gasteiger partial charge in [-0.3, -0.25) is 4.79 Å². The summed E-state index contributed by atoms with van der Waals surface area (Å²) in [6.45, 7) is 8.02. The summed E-state index contributed by atoms with van der Waals surface area (Å²) in [6.07, 6.45) is 0. The molecule has 0 spiro atoms. The number of carbonyl (C=O) groups is 1. The normalized spacial score (nSPS) is 11.1. The van der Waals surface area contributed by atoms with Crippen LogP contribution in [0.15, 0.2) is 29.4 Å². The maximum absolute atomic E-state index is 12.6. The molecule has 0 fully saturated rings. The molecule has 0 amide bonds. The number of tetrazole rings is 1. The smallest absolute Gasteiger partial charge is 0.214 e. The van der Waals surface area contributed by atoms with Crippen molar-refractivity contribution in [2.24, 2.45) is 7.05 Å². The number of benzene rings is 1. The van der Waals surface area contributed by atoms with Crippen molar-refractivity contribution >= 4 is 17.5 Å². The van der Waals surface area contributed by atoms with Crippen LogP contribution in [0.1, 0.15) is 32.9 Å². The molecule has 2 heterocycles. The predicted octanol–water partition coefficient (Wildman–Crippen LogP) is 3.21.